The van der Waals surface area contributed by atoms with Gasteiger partial charge in [0.15, 0.2) is 0 Å². The Labute approximate surface area is 248 Å². The zero-order valence-electron chi connectivity index (χ0n) is 22.8. The number of benzene rings is 5. The number of thiophene rings is 2. The standard InChI is InChI=1S/C36H24N2O2S2/c1-19-3-13-25-31(15-19)41-35-27-17-30-28(18-29(27)37(33(25)35)21-5-9-23(39)10-6-21)36-34(26-14-4-20(2)16-32(26)42-36)38(30)22-7-11-24(40)12-8-22/h3-18,39-40H,1-2H3. The SMILES string of the molecule is Cc1ccc2c(c1)sc1c3cc4c(cc3n(-c3ccc(O)cc3)c21)c1sc2cc(C)ccc2c1n4-c1ccc(O)cc1. The summed E-state index contributed by atoms with van der Waals surface area (Å²) in [7, 11) is 0. The number of aromatic hydroxyl groups is 2. The normalized spacial score (nSPS) is 12.2. The van der Waals surface area contributed by atoms with Crippen LogP contribution in [-0.2, 0) is 0 Å². The molecule has 5 aromatic carbocycles. The van der Waals surface area contributed by atoms with Crippen molar-refractivity contribution in [3.8, 4) is 22.9 Å². The molecular weight excluding hydrogens is 557 g/mol. The summed E-state index contributed by atoms with van der Waals surface area (Å²) < 4.78 is 9.76. The van der Waals surface area contributed by atoms with Gasteiger partial charge in [-0.2, -0.15) is 0 Å². The van der Waals surface area contributed by atoms with Crippen molar-refractivity contribution < 1.29 is 10.2 Å². The molecule has 4 heterocycles. The first kappa shape index (κ1) is 23.9. The third kappa shape index (κ3) is 3.22. The highest BCUT2D eigenvalue weighted by Crippen LogP contribution is 2.48. The van der Waals surface area contributed by atoms with Crippen molar-refractivity contribution in [2.45, 2.75) is 13.8 Å². The van der Waals surface area contributed by atoms with Crippen LogP contribution in [0.2, 0.25) is 0 Å². The quantitative estimate of drug-likeness (QED) is 0.214. The third-order valence-electron chi connectivity index (χ3n) is 8.39. The molecule has 0 saturated heterocycles. The maximum absolute atomic E-state index is 10.1. The first-order valence-corrected chi connectivity index (χ1v) is 15.5. The lowest BCUT2D eigenvalue weighted by molar-refractivity contribution is 0.474. The van der Waals surface area contributed by atoms with E-state index in [1.165, 1.54) is 62.5 Å². The van der Waals surface area contributed by atoms with Gasteiger partial charge in [0, 0.05) is 42.3 Å². The van der Waals surface area contributed by atoms with Crippen LogP contribution in [0.25, 0.3) is 73.8 Å². The van der Waals surface area contributed by atoms with Crippen molar-refractivity contribution in [3.05, 3.63) is 108 Å². The highest BCUT2D eigenvalue weighted by Gasteiger charge is 2.23. The first-order chi connectivity index (χ1) is 20.4. The number of hydrogen-bond donors (Lipinski definition) is 2. The molecule has 0 atom stereocenters. The molecule has 0 bridgehead atoms. The molecule has 0 amide bonds. The Hall–Kier alpha value is -4.78. The maximum atomic E-state index is 10.1. The summed E-state index contributed by atoms with van der Waals surface area (Å²) in [6, 6.07) is 33.1. The van der Waals surface area contributed by atoms with Crippen LogP contribution >= 0.6 is 22.7 Å². The van der Waals surface area contributed by atoms with Crippen LogP contribution in [0, 0.1) is 13.8 Å². The van der Waals surface area contributed by atoms with E-state index < -0.39 is 0 Å². The second-order valence-electron chi connectivity index (χ2n) is 11.1. The van der Waals surface area contributed by atoms with E-state index in [1.54, 1.807) is 24.3 Å². The fourth-order valence-corrected chi connectivity index (χ4v) is 9.10. The van der Waals surface area contributed by atoms with Crippen molar-refractivity contribution in [2.24, 2.45) is 0 Å². The van der Waals surface area contributed by atoms with Crippen LogP contribution in [0.15, 0.2) is 97.1 Å². The van der Waals surface area contributed by atoms with Gasteiger partial charge in [0.25, 0.3) is 0 Å². The minimum absolute atomic E-state index is 0.257. The Morgan fingerprint density at radius 1 is 0.476 bits per heavy atom. The number of rotatable bonds is 2. The molecule has 0 aliphatic heterocycles. The molecule has 9 aromatic rings. The zero-order chi connectivity index (χ0) is 28.3. The molecule has 6 heteroatoms. The summed E-state index contributed by atoms with van der Waals surface area (Å²) in [5, 5.41) is 25.1. The number of fused-ring (bicyclic) bond motifs is 10. The summed E-state index contributed by atoms with van der Waals surface area (Å²) in [5.41, 5.74) is 9.23. The molecule has 0 aliphatic carbocycles. The smallest absolute Gasteiger partial charge is 0.115 e. The van der Waals surface area contributed by atoms with Gasteiger partial charge in [-0.25, -0.2) is 0 Å². The molecule has 4 aromatic heterocycles. The van der Waals surface area contributed by atoms with Gasteiger partial charge in [-0.05, 0) is 97.8 Å². The van der Waals surface area contributed by atoms with Gasteiger partial charge < -0.3 is 19.3 Å². The van der Waals surface area contributed by atoms with Crippen molar-refractivity contribution in [1.82, 2.24) is 9.13 Å². The van der Waals surface area contributed by atoms with E-state index in [1.807, 2.05) is 46.9 Å². The van der Waals surface area contributed by atoms with Crippen LogP contribution in [0.4, 0.5) is 0 Å². The Bertz CT molecular complexity index is 2360. The molecule has 0 unspecified atom stereocenters. The molecule has 202 valence electrons. The summed E-state index contributed by atoms with van der Waals surface area (Å²) in [6.07, 6.45) is 0. The van der Waals surface area contributed by atoms with Crippen molar-refractivity contribution in [3.63, 3.8) is 0 Å². The topological polar surface area (TPSA) is 50.3 Å². The van der Waals surface area contributed by atoms with Crippen LogP contribution in [-0.4, -0.2) is 19.3 Å². The van der Waals surface area contributed by atoms with Gasteiger partial charge in [-0.3, -0.25) is 0 Å². The van der Waals surface area contributed by atoms with E-state index in [0.29, 0.717) is 0 Å². The molecule has 2 N–H and O–H groups in total. The van der Waals surface area contributed by atoms with E-state index in [4.69, 9.17) is 0 Å². The highest BCUT2D eigenvalue weighted by atomic mass is 32.1. The number of phenols is 2. The van der Waals surface area contributed by atoms with Crippen LogP contribution in [0.5, 0.6) is 11.5 Å². The minimum Gasteiger partial charge on any atom is -0.508 e. The van der Waals surface area contributed by atoms with Crippen LogP contribution in [0.3, 0.4) is 0 Å². The van der Waals surface area contributed by atoms with E-state index >= 15 is 0 Å². The molecule has 0 fully saturated rings. The summed E-state index contributed by atoms with van der Waals surface area (Å²) >= 11 is 3.68. The lowest BCUT2D eigenvalue weighted by Gasteiger charge is -2.10. The second kappa shape index (κ2) is 8.38. The van der Waals surface area contributed by atoms with Gasteiger partial charge in [0.1, 0.15) is 11.5 Å². The molecule has 0 spiro atoms. The Morgan fingerprint density at radius 3 is 1.29 bits per heavy atom. The molecule has 9 rings (SSSR count). The Balaban J connectivity index is 1.50. The van der Waals surface area contributed by atoms with E-state index in [-0.39, 0.29) is 11.5 Å². The number of aryl methyl sites for hydroxylation is 2. The number of aromatic nitrogens is 2. The average Bonchev–Trinajstić information content (AvgIpc) is 3.69. The summed E-state index contributed by atoms with van der Waals surface area (Å²) in [5.74, 6) is 0.515. The minimum atomic E-state index is 0.257. The lowest BCUT2D eigenvalue weighted by Crippen LogP contribution is -1.95. The largest absolute Gasteiger partial charge is 0.508 e. The molecule has 0 aliphatic rings. The second-order valence-corrected chi connectivity index (χ2v) is 13.3. The summed E-state index contributed by atoms with van der Waals surface area (Å²) in [4.78, 5) is 0. The predicted octanol–water partition coefficient (Wildman–Crippen LogP) is 10.3. The van der Waals surface area contributed by atoms with Crippen LogP contribution < -0.4 is 0 Å². The van der Waals surface area contributed by atoms with Gasteiger partial charge >= 0.3 is 0 Å². The van der Waals surface area contributed by atoms with Gasteiger partial charge in [-0.15, -0.1) is 22.7 Å². The third-order valence-corrected chi connectivity index (χ3v) is 10.7. The van der Waals surface area contributed by atoms with Crippen LogP contribution in [0.1, 0.15) is 11.1 Å². The summed E-state index contributed by atoms with van der Waals surface area (Å²) in [6.45, 7) is 4.28. The van der Waals surface area contributed by atoms with E-state index in [9.17, 15) is 10.2 Å². The predicted molar refractivity (Wildman–Crippen MR) is 179 cm³/mol. The van der Waals surface area contributed by atoms with E-state index in [2.05, 4.69) is 71.5 Å². The lowest BCUT2D eigenvalue weighted by atomic mass is 10.1. The van der Waals surface area contributed by atoms with Gasteiger partial charge in [0.2, 0.25) is 0 Å². The van der Waals surface area contributed by atoms with Crippen molar-refractivity contribution in [1.29, 1.82) is 0 Å². The fraction of sp³-hybridized carbons (Fsp3) is 0.0556. The molecule has 42 heavy (non-hydrogen) atoms. The highest BCUT2D eigenvalue weighted by molar-refractivity contribution is 7.27. The molecule has 0 saturated carbocycles. The van der Waals surface area contributed by atoms with Crippen molar-refractivity contribution >= 4 is 85.1 Å². The first-order valence-electron chi connectivity index (χ1n) is 13.9. The molecule has 0 radical (unpaired) electrons. The van der Waals surface area contributed by atoms with Crippen molar-refractivity contribution in [2.75, 3.05) is 0 Å². The van der Waals surface area contributed by atoms with Gasteiger partial charge in [-0.1, -0.05) is 24.3 Å². The number of phenolic OH excluding ortho intramolecular Hbond substituents is 2. The fourth-order valence-electron chi connectivity index (χ4n) is 6.48. The Kier molecular flexibility index (Phi) is 4.76. The molecular formula is C36H24N2O2S2. The average molecular weight is 581 g/mol. The molecule has 4 nitrogen and oxygen atoms in total. The van der Waals surface area contributed by atoms with E-state index in [0.717, 1.165) is 22.4 Å². The monoisotopic (exact) mass is 580 g/mol. The number of nitrogens with zero attached hydrogens (tertiary/aromatic N) is 2. The zero-order valence-corrected chi connectivity index (χ0v) is 24.5. The van der Waals surface area contributed by atoms with Gasteiger partial charge in [0.05, 0.1) is 31.5 Å². The number of hydrogen-bond acceptors (Lipinski definition) is 4. The maximum Gasteiger partial charge on any atom is 0.115 e. The Morgan fingerprint density at radius 2 is 0.881 bits per heavy atom.